The van der Waals surface area contributed by atoms with E-state index in [4.69, 9.17) is 10.5 Å². The molecule has 2 atom stereocenters. The van der Waals surface area contributed by atoms with E-state index >= 15 is 0 Å². The van der Waals surface area contributed by atoms with Crippen LogP contribution in [0, 0.1) is 11.3 Å². The molecule has 3 heteroatoms. The molecular weight excluding hydrogens is 224 g/mol. The lowest BCUT2D eigenvalue weighted by atomic mass is 9.84. The maximum Gasteiger partial charge on any atom is 0.0593 e. The van der Waals surface area contributed by atoms with E-state index in [-0.39, 0.29) is 5.54 Å². The van der Waals surface area contributed by atoms with Gasteiger partial charge in [-0.1, -0.05) is 27.7 Å². The minimum Gasteiger partial charge on any atom is -0.380 e. The Hall–Kier alpha value is -0.120. The zero-order chi connectivity index (χ0) is 13.8. The molecule has 0 saturated heterocycles. The molecule has 0 aromatic rings. The average Bonchev–Trinajstić information content (AvgIpc) is 2.55. The van der Waals surface area contributed by atoms with Crippen LogP contribution < -0.4 is 5.73 Å². The van der Waals surface area contributed by atoms with Crippen LogP contribution in [0.1, 0.15) is 47.5 Å². The second-order valence-electron chi connectivity index (χ2n) is 6.53. The molecule has 1 fully saturated rings. The Morgan fingerprint density at radius 1 is 1.33 bits per heavy atom. The third-order valence-electron chi connectivity index (χ3n) is 4.64. The fourth-order valence-electron chi connectivity index (χ4n) is 3.93. The molecule has 2 N–H and O–H groups in total. The van der Waals surface area contributed by atoms with Crippen LogP contribution in [-0.2, 0) is 4.74 Å². The molecule has 0 radical (unpaired) electrons. The number of likely N-dealkylation sites (N-methyl/N-ethyl adjacent to an activating group) is 1. The van der Waals surface area contributed by atoms with Crippen LogP contribution in [0.3, 0.4) is 0 Å². The van der Waals surface area contributed by atoms with Crippen LogP contribution in [0.2, 0.25) is 0 Å². The molecule has 108 valence electrons. The third kappa shape index (κ3) is 3.25. The molecule has 0 amide bonds. The van der Waals surface area contributed by atoms with E-state index in [1.54, 1.807) is 0 Å². The van der Waals surface area contributed by atoms with Gasteiger partial charge < -0.3 is 10.5 Å². The van der Waals surface area contributed by atoms with Gasteiger partial charge in [0, 0.05) is 25.2 Å². The molecule has 0 spiro atoms. The molecule has 0 aromatic heterocycles. The van der Waals surface area contributed by atoms with Crippen molar-refractivity contribution in [2.75, 3.05) is 32.8 Å². The predicted molar refractivity (Wildman–Crippen MR) is 77.7 cm³/mol. The van der Waals surface area contributed by atoms with Gasteiger partial charge in [-0.05, 0) is 37.6 Å². The van der Waals surface area contributed by atoms with Crippen molar-refractivity contribution in [2.45, 2.75) is 53.0 Å². The van der Waals surface area contributed by atoms with Gasteiger partial charge in [-0.25, -0.2) is 0 Å². The van der Waals surface area contributed by atoms with E-state index in [0.29, 0.717) is 11.3 Å². The van der Waals surface area contributed by atoms with Crippen molar-refractivity contribution in [3.63, 3.8) is 0 Å². The van der Waals surface area contributed by atoms with E-state index in [1.807, 2.05) is 0 Å². The molecule has 0 aliphatic heterocycles. The Balaban J connectivity index is 2.78. The van der Waals surface area contributed by atoms with Crippen LogP contribution in [0.5, 0.6) is 0 Å². The standard InChI is InChI=1S/C15H32N2O/c1-6-17(8-9-18-7-2)15(12-16)11-14(4,5)10-13(15)3/h13H,6-12,16H2,1-5H3. The van der Waals surface area contributed by atoms with Crippen molar-refractivity contribution < 1.29 is 4.74 Å². The zero-order valence-electron chi connectivity index (χ0n) is 13.0. The summed E-state index contributed by atoms with van der Waals surface area (Å²) < 4.78 is 5.52. The van der Waals surface area contributed by atoms with Gasteiger partial charge in [-0.3, -0.25) is 4.90 Å². The lowest BCUT2D eigenvalue weighted by molar-refractivity contribution is 0.0300. The van der Waals surface area contributed by atoms with Crippen molar-refractivity contribution in [3.05, 3.63) is 0 Å². The molecule has 1 aliphatic rings. The fraction of sp³-hybridized carbons (Fsp3) is 1.00. The smallest absolute Gasteiger partial charge is 0.0593 e. The molecule has 0 aromatic carbocycles. The van der Waals surface area contributed by atoms with Gasteiger partial charge in [0.2, 0.25) is 0 Å². The first-order valence-electron chi connectivity index (χ1n) is 7.44. The zero-order valence-corrected chi connectivity index (χ0v) is 13.0. The number of nitrogens with two attached hydrogens (primary N) is 1. The monoisotopic (exact) mass is 256 g/mol. The van der Waals surface area contributed by atoms with Gasteiger partial charge in [0.05, 0.1) is 6.61 Å². The molecule has 3 nitrogen and oxygen atoms in total. The quantitative estimate of drug-likeness (QED) is 0.711. The van der Waals surface area contributed by atoms with Crippen molar-refractivity contribution in [1.82, 2.24) is 4.90 Å². The minimum absolute atomic E-state index is 0.176. The Bertz CT molecular complexity index is 255. The van der Waals surface area contributed by atoms with E-state index in [0.717, 1.165) is 32.8 Å². The molecule has 1 aliphatic carbocycles. The maximum atomic E-state index is 6.18. The molecular formula is C15H32N2O. The molecule has 1 saturated carbocycles. The topological polar surface area (TPSA) is 38.5 Å². The number of ether oxygens (including phenoxy) is 1. The van der Waals surface area contributed by atoms with Crippen LogP contribution in [0.4, 0.5) is 0 Å². The summed E-state index contributed by atoms with van der Waals surface area (Å²) in [6.45, 7) is 15.8. The Morgan fingerprint density at radius 3 is 2.39 bits per heavy atom. The molecule has 0 bridgehead atoms. The summed E-state index contributed by atoms with van der Waals surface area (Å²) in [6, 6.07) is 0. The van der Waals surface area contributed by atoms with Gasteiger partial charge in [-0.15, -0.1) is 0 Å². The Morgan fingerprint density at radius 2 is 2.00 bits per heavy atom. The summed E-state index contributed by atoms with van der Waals surface area (Å²) >= 11 is 0. The Labute approximate surface area is 113 Å². The first-order valence-corrected chi connectivity index (χ1v) is 7.44. The van der Waals surface area contributed by atoms with Gasteiger partial charge in [0.15, 0.2) is 0 Å². The number of hydrogen-bond donors (Lipinski definition) is 1. The minimum atomic E-state index is 0.176. The van der Waals surface area contributed by atoms with Gasteiger partial charge in [0.25, 0.3) is 0 Å². The largest absolute Gasteiger partial charge is 0.380 e. The summed E-state index contributed by atoms with van der Waals surface area (Å²) in [5, 5.41) is 0. The van der Waals surface area contributed by atoms with Crippen LogP contribution in [0.25, 0.3) is 0 Å². The van der Waals surface area contributed by atoms with Gasteiger partial charge in [0.1, 0.15) is 0 Å². The summed E-state index contributed by atoms with van der Waals surface area (Å²) in [5.41, 5.74) is 6.77. The highest BCUT2D eigenvalue weighted by molar-refractivity contribution is 5.05. The maximum absolute atomic E-state index is 6.18. The van der Waals surface area contributed by atoms with Crippen molar-refractivity contribution in [3.8, 4) is 0 Å². The number of rotatable bonds is 7. The van der Waals surface area contributed by atoms with Gasteiger partial charge in [-0.2, -0.15) is 0 Å². The highest BCUT2D eigenvalue weighted by Crippen LogP contribution is 2.49. The second-order valence-corrected chi connectivity index (χ2v) is 6.53. The second kappa shape index (κ2) is 6.36. The lowest BCUT2D eigenvalue weighted by Crippen LogP contribution is -2.56. The predicted octanol–water partition coefficient (Wildman–Crippen LogP) is 2.50. The molecule has 1 rings (SSSR count). The van der Waals surface area contributed by atoms with E-state index < -0.39 is 0 Å². The van der Waals surface area contributed by atoms with Crippen LogP contribution >= 0.6 is 0 Å². The average molecular weight is 256 g/mol. The molecule has 2 unspecified atom stereocenters. The van der Waals surface area contributed by atoms with E-state index in [1.165, 1.54) is 12.8 Å². The first-order chi connectivity index (χ1) is 8.41. The van der Waals surface area contributed by atoms with Crippen LogP contribution in [-0.4, -0.2) is 43.3 Å². The third-order valence-corrected chi connectivity index (χ3v) is 4.64. The fourth-order valence-corrected chi connectivity index (χ4v) is 3.93. The summed E-state index contributed by atoms with van der Waals surface area (Å²) in [7, 11) is 0. The Kier molecular flexibility index (Phi) is 5.63. The van der Waals surface area contributed by atoms with Crippen LogP contribution in [0.15, 0.2) is 0 Å². The number of hydrogen-bond acceptors (Lipinski definition) is 3. The van der Waals surface area contributed by atoms with Crippen molar-refractivity contribution in [2.24, 2.45) is 17.1 Å². The highest BCUT2D eigenvalue weighted by Gasteiger charge is 2.50. The summed E-state index contributed by atoms with van der Waals surface area (Å²) in [4.78, 5) is 2.56. The highest BCUT2D eigenvalue weighted by atomic mass is 16.5. The summed E-state index contributed by atoms with van der Waals surface area (Å²) in [5.74, 6) is 0.666. The van der Waals surface area contributed by atoms with Crippen molar-refractivity contribution >= 4 is 0 Å². The van der Waals surface area contributed by atoms with E-state index in [9.17, 15) is 0 Å². The van der Waals surface area contributed by atoms with Crippen molar-refractivity contribution in [1.29, 1.82) is 0 Å². The lowest BCUT2D eigenvalue weighted by Gasteiger charge is -2.44. The van der Waals surface area contributed by atoms with E-state index in [2.05, 4.69) is 39.5 Å². The molecule has 0 heterocycles. The SMILES string of the molecule is CCOCCN(CC)C1(CN)CC(C)(C)CC1C. The first kappa shape index (κ1) is 15.9. The number of nitrogens with zero attached hydrogens (tertiary/aromatic N) is 1. The summed E-state index contributed by atoms with van der Waals surface area (Å²) in [6.07, 6.45) is 2.48. The molecule has 18 heavy (non-hydrogen) atoms. The normalized spacial score (nSPS) is 31.2. The van der Waals surface area contributed by atoms with Gasteiger partial charge >= 0.3 is 0 Å².